The minimum atomic E-state index is -4.36. The van der Waals surface area contributed by atoms with Crippen LogP contribution in [0.3, 0.4) is 0 Å². The van der Waals surface area contributed by atoms with E-state index >= 15 is 0 Å². The highest BCUT2D eigenvalue weighted by Crippen LogP contribution is 2.46. The van der Waals surface area contributed by atoms with Crippen LogP contribution in [-0.4, -0.2) is 49.3 Å². The van der Waals surface area contributed by atoms with Gasteiger partial charge in [-0.2, -0.15) is 0 Å². The molecular formula is C38H74NO8P. The first-order chi connectivity index (χ1) is 23.3. The number of phosphoric ester groups is 1. The van der Waals surface area contributed by atoms with E-state index in [1.165, 1.54) is 122 Å². The van der Waals surface area contributed by atoms with Gasteiger partial charge in [0.05, 0.1) is 13.2 Å². The maximum absolute atomic E-state index is 12.5. The number of nitrogens with two attached hydrogens (primary N) is 1. The van der Waals surface area contributed by atoms with E-state index in [2.05, 4.69) is 13.8 Å². The highest BCUT2D eigenvalue weighted by Gasteiger charge is 2.35. The Morgan fingerprint density at radius 2 is 1.08 bits per heavy atom. The van der Waals surface area contributed by atoms with Crippen molar-refractivity contribution in [1.29, 1.82) is 0 Å². The maximum atomic E-state index is 12.5. The molecule has 0 saturated heterocycles. The zero-order chi connectivity index (χ0) is 35.1. The summed E-state index contributed by atoms with van der Waals surface area (Å²) in [6.07, 6.45) is 30.3. The molecule has 0 aromatic rings. The Bertz CT molecular complexity index is 829. The second-order valence-electron chi connectivity index (χ2n) is 14.1. The van der Waals surface area contributed by atoms with Crippen LogP contribution in [0, 0.1) is 11.8 Å². The van der Waals surface area contributed by atoms with Gasteiger partial charge in [0.2, 0.25) is 0 Å². The number of ether oxygens (including phenoxy) is 2. The smallest absolute Gasteiger partial charge is 0.462 e. The molecule has 1 aliphatic rings. The molecule has 10 heteroatoms. The third kappa shape index (κ3) is 27.8. The summed E-state index contributed by atoms with van der Waals surface area (Å²) in [6, 6.07) is 0. The number of unbranched alkanes of at least 4 members (excludes halogenated alkanes) is 19. The molecule has 9 nitrogen and oxygen atoms in total. The Morgan fingerprint density at radius 3 is 1.58 bits per heavy atom. The average molecular weight is 704 g/mol. The van der Waals surface area contributed by atoms with Gasteiger partial charge in [-0.15, -0.1) is 0 Å². The molecule has 0 amide bonds. The molecule has 4 atom stereocenters. The summed E-state index contributed by atoms with van der Waals surface area (Å²) >= 11 is 0. The molecule has 0 bridgehead atoms. The molecule has 48 heavy (non-hydrogen) atoms. The number of hydrogen-bond donors (Lipinski definition) is 2. The summed E-state index contributed by atoms with van der Waals surface area (Å²) in [4.78, 5) is 34.8. The topological polar surface area (TPSA) is 134 Å². The van der Waals surface area contributed by atoms with Crippen LogP contribution < -0.4 is 5.73 Å². The van der Waals surface area contributed by atoms with Crippen molar-refractivity contribution in [1.82, 2.24) is 0 Å². The summed E-state index contributed by atoms with van der Waals surface area (Å²) in [5.74, 6) is 1.12. The predicted octanol–water partition coefficient (Wildman–Crippen LogP) is 10.4. The van der Waals surface area contributed by atoms with Crippen molar-refractivity contribution in [2.45, 2.75) is 193 Å². The summed E-state index contributed by atoms with van der Waals surface area (Å²) in [6.45, 7) is 3.77. The molecule has 0 heterocycles. The Hall–Kier alpha value is -0.990. The van der Waals surface area contributed by atoms with E-state index in [1.807, 2.05) is 0 Å². The van der Waals surface area contributed by atoms with E-state index in [-0.39, 0.29) is 32.1 Å². The quantitative estimate of drug-likeness (QED) is 0.0371. The van der Waals surface area contributed by atoms with E-state index in [4.69, 9.17) is 24.3 Å². The van der Waals surface area contributed by atoms with Crippen LogP contribution >= 0.6 is 7.82 Å². The van der Waals surface area contributed by atoms with E-state index in [0.29, 0.717) is 12.8 Å². The Labute approximate surface area is 294 Å². The van der Waals surface area contributed by atoms with E-state index in [1.54, 1.807) is 0 Å². The Kier molecular flexibility index (Phi) is 28.9. The number of carbonyl (C=O) groups is 2. The minimum Gasteiger partial charge on any atom is -0.462 e. The third-order valence-corrected chi connectivity index (χ3v) is 10.4. The molecule has 0 aromatic carbocycles. The predicted molar refractivity (Wildman–Crippen MR) is 195 cm³/mol. The fraction of sp³-hybridized carbons (Fsp3) is 0.947. The summed E-state index contributed by atoms with van der Waals surface area (Å²) in [7, 11) is -4.36. The van der Waals surface area contributed by atoms with Gasteiger partial charge in [-0.3, -0.25) is 18.6 Å². The van der Waals surface area contributed by atoms with Crippen molar-refractivity contribution in [3.8, 4) is 0 Å². The van der Waals surface area contributed by atoms with Crippen molar-refractivity contribution >= 4 is 19.8 Å². The van der Waals surface area contributed by atoms with Gasteiger partial charge in [0, 0.05) is 19.4 Å². The molecule has 4 unspecified atom stereocenters. The number of esters is 2. The maximum Gasteiger partial charge on any atom is 0.472 e. The van der Waals surface area contributed by atoms with Crippen LogP contribution in [0.15, 0.2) is 0 Å². The standard InChI is InChI=1S/C38H74NO8P/c1-3-5-7-9-10-11-12-13-14-15-16-19-24-28-38(41)47-36(33-46-48(42,43)45-30-29-39)32-44-37(40)27-23-20-17-18-22-26-35-31-34(35)25-21-8-6-4-2/h34-36H,3-33,39H2,1-2H3,(H,42,43). The molecular weight excluding hydrogens is 629 g/mol. The fourth-order valence-corrected chi connectivity index (χ4v) is 7.11. The van der Waals surface area contributed by atoms with Crippen molar-refractivity contribution in [3.63, 3.8) is 0 Å². The first kappa shape index (κ1) is 45.0. The van der Waals surface area contributed by atoms with Gasteiger partial charge in [-0.05, 0) is 31.1 Å². The van der Waals surface area contributed by atoms with E-state index in [0.717, 1.165) is 43.9 Å². The van der Waals surface area contributed by atoms with Gasteiger partial charge in [-0.25, -0.2) is 4.57 Å². The lowest BCUT2D eigenvalue weighted by atomic mass is 10.0. The summed E-state index contributed by atoms with van der Waals surface area (Å²) in [5.41, 5.74) is 5.34. The molecule has 3 N–H and O–H groups in total. The van der Waals surface area contributed by atoms with Crippen LogP contribution in [0.5, 0.6) is 0 Å². The summed E-state index contributed by atoms with van der Waals surface area (Å²) < 4.78 is 32.7. The van der Waals surface area contributed by atoms with Gasteiger partial charge in [0.15, 0.2) is 6.10 Å². The highest BCUT2D eigenvalue weighted by atomic mass is 31.2. The fourth-order valence-electron chi connectivity index (χ4n) is 6.35. The zero-order valence-electron chi connectivity index (χ0n) is 31.0. The molecule has 284 valence electrons. The Morgan fingerprint density at radius 1 is 0.646 bits per heavy atom. The second kappa shape index (κ2) is 30.8. The molecule has 1 rings (SSSR count). The lowest BCUT2D eigenvalue weighted by molar-refractivity contribution is -0.161. The zero-order valence-corrected chi connectivity index (χ0v) is 31.9. The molecule has 1 aliphatic carbocycles. The lowest BCUT2D eigenvalue weighted by Gasteiger charge is -2.19. The Balaban J connectivity index is 2.20. The minimum absolute atomic E-state index is 0.0588. The van der Waals surface area contributed by atoms with E-state index < -0.39 is 26.5 Å². The van der Waals surface area contributed by atoms with Gasteiger partial charge in [0.1, 0.15) is 6.61 Å². The van der Waals surface area contributed by atoms with E-state index in [9.17, 15) is 19.0 Å². The van der Waals surface area contributed by atoms with Crippen molar-refractivity contribution in [2.24, 2.45) is 17.6 Å². The van der Waals surface area contributed by atoms with Crippen LogP contribution in [-0.2, 0) is 32.7 Å². The molecule has 0 aliphatic heterocycles. The second-order valence-corrected chi connectivity index (χ2v) is 15.5. The molecule has 0 aromatic heterocycles. The van der Waals surface area contributed by atoms with Crippen LogP contribution in [0.25, 0.3) is 0 Å². The molecule has 1 saturated carbocycles. The number of phosphoric acid groups is 1. The number of carbonyl (C=O) groups excluding carboxylic acids is 2. The monoisotopic (exact) mass is 704 g/mol. The van der Waals surface area contributed by atoms with Crippen molar-refractivity contribution < 1.29 is 37.6 Å². The number of hydrogen-bond acceptors (Lipinski definition) is 8. The van der Waals surface area contributed by atoms with Crippen molar-refractivity contribution in [2.75, 3.05) is 26.4 Å². The van der Waals surface area contributed by atoms with Crippen LogP contribution in [0.4, 0.5) is 0 Å². The van der Waals surface area contributed by atoms with Crippen molar-refractivity contribution in [3.05, 3.63) is 0 Å². The van der Waals surface area contributed by atoms with Gasteiger partial charge in [-0.1, -0.05) is 155 Å². The largest absolute Gasteiger partial charge is 0.472 e. The molecule has 1 fully saturated rings. The van der Waals surface area contributed by atoms with Gasteiger partial charge < -0.3 is 20.1 Å². The first-order valence-corrected chi connectivity index (χ1v) is 21.5. The van der Waals surface area contributed by atoms with Crippen LogP contribution in [0.2, 0.25) is 0 Å². The molecule has 0 spiro atoms. The first-order valence-electron chi connectivity index (χ1n) is 20.0. The third-order valence-electron chi connectivity index (χ3n) is 9.46. The highest BCUT2D eigenvalue weighted by molar-refractivity contribution is 7.47. The lowest BCUT2D eigenvalue weighted by Crippen LogP contribution is -2.29. The van der Waals surface area contributed by atoms with Gasteiger partial charge in [0.25, 0.3) is 0 Å². The normalized spacial score (nSPS) is 17.6. The van der Waals surface area contributed by atoms with Crippen LogP contribution in [0.1, 0.15) is 187 Å². The number of rotatable bonds is 36. The SMILES string of the molecule is CCCCCCCCCCCCCCCC(=O)OC(COC(=O)CCCCCCCC1CC1CCCCCC)COP(=O)(O)OCCN. The molecule has 0 radical (unpaired) electrons. The average Bonchev–Trinajstić information content (AvgIpc) is 3.82. The summed E-state index contributed by atoms with van der Waals surface area (Å²) in [5, 5.41) is 0. The van der Waals surface area contributed by atoms with Gasteiger partial charge >= 0.3 is 19.8 Å².